The van der Waals surface area contributed by atoms with E-state index in [2.05, 4.69) is 6.07 Å². The first-order chi connectivity index (χ1) is 14.2. The molecule has 0 fully saturated rings. The van der Waals surface area contributed by atoms with E-state index in [1.54, 1.807) is 14.2 Å². The highest BCUT2D eigenvalue weighted by Crippen LogP contribution is 2.50. The lowest BCUT2D eigenvalue weighted by Crippen LogP contribution is -2.33. The van der Waals surface area contributed by atoms with Crippen molar-refractivity contribution in [3.63, 3.8) is 0 Å². The SMILES string of the molecule is COc1ccc([C@H]2Oc3c(OC)cccc3[C@@H]3CC(c4ccc(C)o4)=NN23)cc1. The van der Waals surface area contributed by atoms with Gasteiger partial charge in [0, 0.05) is 17.5 Å². The Morgan fingerprint density at radius 3 is 2.52 bits per heavy atom. The Morgan fingerprint density at radius 1 is 1.00 bits per heavy atom. The van der Waals surface area contributed by atoms with E-state index in [1.165, 1.54) is 0 Å². The highest BCUT2D eigenvalue weighted by atomic mass is 16.5. The second kappa shape index (κ2) is 6.88. The molecule has 0 saturated carbocycles. The van der Waals surface area contributed by atoms with Crippen LogP contribution in [0.3, 0.4) is 0 Å². The maximum absolute atomic E-state index is 6.44. The average molecular weight is 390 g/mol. The van der Waals surface area contributed by atoms with Crippen molar-refractivity contribution in [1.82, 2.24) is 5.01 Å². The molecule has 0 amide bonds. The zero-order valence-corrected chi connectivity index (χ0v) is 16.6. The normalized spacial score (nSPS) is 19.8. The summed E-state index contributed by atoms with van der Waals surface area (Å²) in [5.74, 6) is 3.97. The molecule has 2 aliphatic rings. The van der Waals surface area contributed by atoms with Crippen LogP contribution in [0.25, 0.3) is 0 Å². The molecule has 6 nitrogen and oxygen atoms in total. The fourth-order valence-electron chi connectivity index (χ4n) is 3.97. The van der Waals surface area contributed by atoms with E-state index in [9.17, 15) is 0 Å². The molecule has 0 aliphatic carbocycles. The van der Waals surface area contributed by atoms with Crippen molar-refractivity contribution in [3.8, 4) is 17.2 Å². The van der Waals surface area contributed by atoms with Gasteiger partial charge in [-0.1, -0.05) is 12.1 Å². The molecule has 6 heteroatoms. The van der Waals surface area contributed by atoms with Crippen LogP contribution in [0.15, 0.2) is 64.1 Å². The quantitative estimate of drug-likeness (QED) is 0.638. The van der Waals surface area contributed by atoms with Crippen LogP contribution >= 0.6 is 0 Å². The molecule has 0 bridgehead atoms. The maximum Gasteiger partial charge on any atom is 0.214 e. The van der Waals surface area contributed by atoms with E-state index in [4.69, 9.17) is 23.7 Å². The minimum Gasteiger partial charge on any atom is -0.497 e. The number of aryl methyl sites for hydroxylation is 1. The summed E-state index contributed by atoms with van der Waals surface area (Å²) in [6, 6.07) is 17.8. The molecule has 0 unspecified atom stereocenters. The minimum absolute atomic E-state index is 0.0429. The lowest BCUT2D eigenvalue weighted by Gasteiger charge is -2.38. The van der Waals surface area contributed by atoms with E-state index in [-0.39, 0.29) is 12.3 Å². The van der Waals surface area contributed by atoms with Gasteiger partial charge >= 0.3 is 0 Å². The summed E-state index contributed by atoms with van der Waals surface area (Å²) < 4.78 is 23.2. The van der Waals surface area contributed by atoms with Gasteiger partial charge in [-0.3, -0.25) is 0 Å². The Kier molecular flexibility index (Phi) is 4.19. The van der Waals surface area contributed by atoms with Crippen LogP contribution in [0.4, 0.5) is 0 Å². The second-order valence-corrected chi connectivity index (χ2v) is 7.18. The third-order valence-corrected chi connectivity index (χ3v) is 5.43. The van der Waals surface area contributed by atoms with E-state index >= 15 is 0 Å². The molecule has 29 heavy (non-hydrogen) atoms. The van der Waals surface area contributed by atoms with Gasteiger partial charge in [0.15, 0.2) is 11.5 Å². The van der Waals surface area contributed by atoms with Crippen LogP contribution in [0.2, 0.25) is 0 Å². The van der Waals surface area contributed by atoms with Gasteiger partial charge in [-0.05, 0) is 49.4 Å². The molecule has 0 spiro atoms. The Labute approximate surface area is 169 Å². The number of hydrazone groups is 1. The van der Waals surface area contributed by atoms with Crippen molar-refractivity contribution in [1.29, 1.82) is 0 Å². The van der Waals surface area contributed by atoms with Crippen LogP contribution in [-0.2, 0) is 0 Å². The van der Waals surface area contributed by atoms with Gasteiger partial charge in [-0.25, -0.2) is 5.01 Å². The Bertz CT molecular complexity index is 1070. The zero-order chi connectivity index (χ0) is 20.0. The number of ether oxygens (including phenoxy) is 3. The first kappa shape index (κ1) is 17.7. The van der Waals surface area contributed by atoms with E-state index in [0.29, 0.717) is 0 Å². The standard InChI is InChI=1S/C23H22N2O4/c1-14-7-12-20(28-14)18-13-19-17-5-4-6-21(27-3)22(17)29-23(25(19)24-18)15-8-10-16(26-2)11-9-15/h4-12,19,23H,13H2,1-3H3/t19-,23+/m0/s1. The number of fused-ring (bicyclic) bond motifs is 3. The molecular weight excluding hydrogens is 368 g/mol. The molecule has 0 radical (unpaired) electrons. The first-order valence-corrected chi connectivity index (χ1v) is 9.58. The number of hydrogen-bond acceptors (Lipinski definition) is 6. The zero-order valence-electron chi connectivity index (χ0n) is 16.6. The number of rotatable bonds is 4. The second-order valence-electron chi connectivity index (χ2n) is 7.18. The molecule has 2 aliphatic heterocycles. The molecule has 1 aromatic heterocycles. The van der Waals surface area contributed by atoms with Crippen LogP contribution in [0.1, 0.15) is 41.3 Å². The molecule has 5 rings (SSSR count). The number of benzene rings is 2. The van der Waals surface area contributed by atoms with Crippen molar-refractivity contribution in [2.45, 2.75) is 25.6 Å². The predicted molar refractivity (Wildman–Crippen MR) is 109 cm³/mol. The number of hydrogen-bond donors (Lipinski definition) is 0. The van der Waals surface area contributed by atoms with E-state index < -0.39 is 0 Å². The summed E-state index contributed by atoms with van der Waals surface area (Å²) in [5.41, 5.74) is 2.98. The fourth-order valence-corrected chi connectivity index (χ4v) is 3.97. The van der Waals surface area contributed by atoms with Crippen LogP contribution in [0.5, 0.6) is 17.2 Å². The molecule has 3 heterocycles. The molecule has 2 atom stereocenters. The third-order valence-electron chi connectivity index (χ3n) is 5.43. The van der Waals surface area contributed by atoms with Gasteiger partial charge in [0.2, 0.25) is 6.23 Å². The van der Waals surface area contributed by atoms with Crippen LogP contribution in [0, 0.1) is 6.92 Å². The van der Waals surface area contributed by atoms with Gasteiger partial charge < -0.3 is 18.6 Å². The van der Waals surface area contributed by atoms with Crippen molar-refractivity contribution < 1.29 is 18.6 Å². The summed E-state index contributed by atoms with van der Waals surface area (Å²) in [6.07, 6.45) is 0.367. The topological polar surface area (TPSA) is 56.4 Å². The summed E-state index contributed by atoms with van der Waals surface area (Å²) in [7, 11) is 3.32. The maximum atomic E-state index is 6.44. The largest absolute Gasteiger partial charge is 0.497 e. The average Bonchev–Trinajstić information content (AvgIpc) is 3.39. The van der Waals surface area contributed by atoms with Crippen molar-refractivity contribution in [2.75, 3.05) is 14.2 Å². The highest BCUT2D eigenvalue weighted by molar-refractivity contribution is 5.99. The van der Waals surface area contributed by atoms with E-state index in [1.807, 2.05) is 60.5 Å². The lowest BCUT2D eigenvalue weighted by molar-refractivity contribution is -0.0209. The number of methoxy groups -OCH3 is 2. The third kappa shape index (κ3) is 2.92. The summed E-state index contributed by atoms with van der Waals surface area (Å²) >= 11 is 0. The lowest BCUT2D eigenvalue weighted by atomic mass is 9.97. The molecule has 2 aromatic carbocycles. The van der Waals surface area contributed by atoms with Crippen molar-refractivity contribution >= 4 is 5.71 Å². The molecule has 0 saturated heterocycles. The van der Waals surface area contributed by atoms with Crippen LogP contribution in [-0.4, -0.2) is 24.9 Å². The van der Waals surface area contributed by atoms with Crippen molar-refractivity contribution in [3.05, 3.63) is 77.2 Å². The molecular formula is C23H22N2O4. The Balaban J connectivity index is 1.60. The highest BCUT2D eigenvalue weighted by Gasteiger charge is 2.42. The van der Waals surface area contributed by atoms with E-state index in [0.717, 1.165) is 52.0 Å². The van der Waals surface area contributed by atoms with Gasteiger partial charge in [0.25, 0.3) is 0 Å². The summed E-state index contributed by atoms with van der Waals surface area (Å²) in [5, 5.41) is 6.93. The van der Waals surface area contributed by atoms with Gasteiger partial charge in [-0.15, -0.1) is 0 Å². The van der Waals surface area contributed by atoms with Gasteiger partial charge in [0.05, 0.1) is 20.3 Å². The smallest absolute Gasteiger partial charge is 0.214 e. The summed E-state index contributed by atoms with van der Waals surface area (Å²) in [6.45, 7) is 1.94. The molecule has 0 N–H and O–H groups in total. The predicted octanol–water partition coefficient (Wildman–Crippen LogP) is 4.85. The van der Waals surface area contributed by atoms with Gasteiger partial charge in [-0.2, -0.15) is 5.10 Å². The Morgan fingerprint density at radius 2 is 1.83 bits per heavy atom. The number of furan rings is 1. The number of nitrogens with zero attached hydrogens (tertiary/aromatic N) is 2. The monoisotopic (exact) mass is 390 g/mol. The van der Waals surface area contributed by atoms with Crippen LogP contribution < -0.4 is 14.2 Å². The summed E-state index contributed by atoms with van der Waals surface area (Å²) in [4.78, 5) is 0. The fraction of sp³-hybridized carbons (Fsp3) is 0.261. The first-order valence-electron chi connectivity index (χ1n) is 9.58. The molecule has 148 valence electrons. The van der Waals surface area contributed by atoms with Gasteiger partial charge in [0.1, 0.15) is 23.0 Å². The Hall–Kier alpha value is -3.41. The minimum atomic E-state index is -0.372. The van der Waals surface area contributed by atoms with Crippen molar-refractivity contribution in [2.24, 2.45) is 5.10 Å². The molecule has 3 aromatic rings. The number of para-hydroxylation sites is 1.